The summed E-state index contributed by atoms with van der Waals surface area (Å²) in [5.74, 6) is -0.427. The molecular formula is C22H24F3N3O5. The number of halogens is 3. The van der Waals surface area contributed by atoms with Gasteiger partial charge in [-0.2, -0.15) is 13.2 Å². The lowest BCUT2D eigenvalue weighted by molar-refractivity contribution is -0.384. The molecule has 0 radical (unpaired) electrons. The average molecular weight is 467 g/mol. The number of nitrogens with zero attached hydrogens (tertiary/aromatic N) is 3. The lowest BCUT2D eigenvalue weighted by Gasteiger charge is -2.36. The van der Waals surface area contributed by atoms with Crippen LogP contribution in [-0.2, 0) is 6.18 Å². The molecule has 0 bridgehead atoms. The van der Waals surface area contributed by atoms with Gasteiger partial charge in [0.25, 0.3) is 11.6 Å². The van der Waals surface area contributed by atoms with Crippen LogP contribution in [0.3, 0.4) is 0 Å². The SMILES string of the molecule is CC(CO)COc1ccc([N+](=O)[O-])cc1C(=O)N1CCN(c2ccc(C(F)(F)F)cc2)CC1. The number of hydrogen-bond acceptors (Lipinski definition) is 6. The van der Waals surface area contributed by atoms with E-state index in [1.807, 2.05) is 4.90 Å². The van der Waals surface area contributed by atoms with Crippen LogP contribution in [0.25, 0.3) is 0 Å². The number of amides is 1. The van der Waals surface area contributed by atoms with Gasteiger partial charge in [0.2, 0.25) is 0 Å². The molecule has 1 unspecified atom stereocenters. The zero-order valence-electron chi connectivity index (χ0n) is 17.9. The van der Waals surface area contributed by atoms with Gasteiger partial charge in [0.05, 0.1) is 22.7 Å². The zero-order valence-corrected chi connectivity index (χ0v) is 17.9. The van der Waals surface area contributed by atoms with Gasteiger partial charge in [-0.1, -0.05) is 6.92 Å². The Kier molecular flexibility index (Phi) is 7.42. The molecule has 1 aliphatic rings. The first-order chi connectivity index (χ1) is 15.6. The van der Waals surface area contributed by atoms with Gasteiger partial charge in [-0.15, -0.1) is 0 Å². The number of aliphatic hydroxyl groups is 1. The molecule has 1 heterocycles. The smallest absolute Gasteiger partial charge is 0.416 e. The van der Waals surface area contributed by atoms with Gasteiger partial charge >= 0.3 is 6.18 Å². The van der Waals surface area contributed by atoms with Crippen LogP contribution in [0.5, 0.6) is 5.75 Å². The Hall–Kier alpha value is -3.34. The van der Waals surface area contributed by atoms with Gasteiger partial charge in [-0.25, -0.2) is 0 Å². The van der Waals surface area contributed by atoms with E-state index >= 15 is 0 Å². The number of hydrogen-bond donors (Lipinski definition) is 1. The van der Waals surface area contributed by atoms with Crippen LogP contribution >= 0.6 is 0 Å². The average Bonchev–Trinajstić information content (AvgIpc) is 2.81. The maximum Gasteiger partial charge on any atom is 0.416 e. The quantitative estimate of drug-likeness (QED) is 0.494. The van der Waals surface area contributed by atoms with E-state index in [1.165, 1.54) is 35.2 Å². The highest BCUT2D eigenvalue weighted by molar-refractivity contribution is 5.97. The minimum atomic E-state index is -4.41. The summed E-state index contributed by atoms with van der Waals surface area (Å²) in [4.78, 5) is 27.1. The van der Waals surface area contributed by atoms with E-state index in [2.05, 4.69) is 0 Å². The highest BCUT2D eigenvalue weighted by Gasteiger charge is 2.31. The first-order valence-electron chi connectivity index (χ1n) is 10.3. The molecule has 11 heteroatoms. The Morgan fingerprint density at radius 2 is 1.79 bits per heavy atom. The molecule has 0 saturated carbocycles. The molecule has 1 N–H and O–H groups in total. The Morgan fingerprint density at radius 1 is 1.15 bits per heavy atom. The molecule has 33 heavy (non-hydrogen) atoms. The molecule has 0 aromatic heterocycles. The highest BCUT2D eigenvalue weighted by Crippen LogP contribution is 2.31. The standard InChI is InChI=1S/C22H24F3N3O5/c1-15(13-29)14-33-20-7-6-18(28(31)32)12-19(20)21(30)27-10-8-26(9-11-27)17-4-2-16(3-5-17)22(23,24)25/h2-7,12,15,29H,8-11,13-14H2,1H3. The number of carbonyl (C=O) groups excluding carboxylic acids is 1. The van der Waals surface area contributed by atoms with Gasteiger partial charge in [-0.3, -0.25) is 14.9 Å². The van der Waals surface area contributed by atoms with Crippen LogP contribution in [0, 0.1) is 16.0 Å². The number of rotatable bonds is 7. The van der Waals surface area contributed by atoms with Crippen LogP contribution < -0.4 is 9.64 Å². The zero-order chi connectivity index (χ0) is 24.2. The van der Waals surface area contributed by atoms with Crippen LogP contribution in [0.2, 0.25) is 0 Å². The molecule has 3 rings (SSSR count). The van der Waals surface area contributed by atoms with Crippen LogP contribution in [0.15, 0.2) is 42.5 Å². The molecule has 1 saturated heterocycles. The molecule has 1 aliphatic heterocycles. The molecule has 178 valence electrons. The number of anilines is 1. The van der Waals surface area contributed by atoms with Crippen molar-refractivity contribution in [2.75, 3.05) is 44.3 Å². The lowest BCUT2D eigenvalue weighted by atomic mass is 10.1. The Bertz CT molecular complexity index is 990. The number of piperazine rings is 1. The largest absolute Gasteiger partial charge is 0.492 e. The fraction of sp³-hybridized carbons (Fsp3) is 0.409. The van der Waals surface area contributed by atoms with Crippen LogP contribution in [-0.4, -0.2) is 60.2 Å². The van der Waals surface area contributed by atoms with Crippen molar-refractivity contribution in [1.29, 1.82) is 0 Å². The molecule has 0 spiro atoms. The predicted octanol–water partition coefficient (Wildman–Crippen LogP) is 3.58. The van der Waals surface area contributed by atoms with E-state index in [9.17, 15) is 33.2 Å². The minimum Gasteiger partial charge on any atom is -0.492 e. The number of ether oxygens (including phenoxy) is 1. The maximum absolute atomic E-state index is 13.1. The second kappa shape index (κ2) is 10.1. The summed E-state index contributed by atoms with van der Waals surface area (Å²) in [6, 6.07) is 8.62. The number of non-ortho nitro benzene ring substituents is 1. The summed E-state index contributed by atoms with van der Waals surface area (Å²) in [5, 5.41) is 20.4. The lowest BCUT2D eigenvalue weighted by Crippen LogP contribution is -2.48. The third kappa shape index (κ3) is 5.92. The number of alkyl halides is 3. The fourth-order valence-electron chi connectivity index (χ4n) is 3.41. The molecule has 0 aliphatic carbocycles. The van der Waals surface area contributed by atoms with Crippen molar-refractivity contribution < 1.29 is 32.7 Å². The number of nitro groups is 1. The van der Waals surface area contributed by atoms with Gasteiger partial charge in [-0.05, 0) is 30.3 Å². The third-order valence-electron chi connectivity index (χ3n) is 5.37. The first kappa shape index (κ1) is 24.3. The molecule has 8 nitrogen and oxygen atoms in total. The summed E-state index contributed by atoms with van der Waals surface area (Å²) in [7, 11) is 0. The van der Waals surface area contributed by atoms with Crippen LogP contribution in [0.4, 0.5) is 24.5 Å². The van der Waals surface area contributed by atoms with Gasteiger partial charge in [0, 0.05) is 56.5 Å². The van der Waals surface area contributed by atoms with E-state index in [-0.39, 0.29) is 49.2 Å². The number of carbonyl (C=O) groups is 1. The number of benzene rings is 2. The number of aliphatic hydroxyl groups excluding tert-OH is 1. The van der Waals surface area contributed by atoms with E-state index < -0.39 is 22.6 Å². The molecule has 1 atom stereocenters. The predicted molar refractivity (Wildman–Crippen MR) is 114 cm³/mol. The van der Waals surface area contributed by atoms with Crippen molar-refractivity contribution in [1.82, 2.24) is 4.90 Å². The van der Waals surface area contributed by atoms with E-state index in [4.69, 9.17) is 4.74 Å². The van der Waals surface area contributed by atoms with Gasteiger partial charge in [0.15, 0.2) is 0 Å². The molecular weight excluding hydrogens is 443 g/mol. The molecule has 2 aromatic rings. The van der Waals surface area contributed by atoms with Crippen LogP contribution in [0.1, 0.15) is 22.8 Å². The van der Waals surface area contributed by atoms with Crippen molar-refractivity contribution in [3.05, 3.63) is 63.7 Å². The van der Waals surface area contributed by atoms with E-state index in [0.29, 0.717) is 18.8 Å². The monoisotopic (exact) mass is 467 g/mol. The van der Waals surface area contributed by atoms with Crippen molar-refractivity contribution in [3.8, 4) is 5.75 Å². The second-order valence-corrected chi connectivity index (χ2v) is 7.86. The van der Waals surface area contributed by atoms with Crippen molar-refractivity contribution in [2.24, 2.45) is 5.92 Å². The first-order valence-corrected chi connectivity index (χ1v) is 10.3. The summed E-state index contributed by atoms with van der Waals surface area (Å²) in [6.45, 7) is 3.14. The van der Waals surface area contributed by atoms with Crippen molar-refractivity contribution in [2.45, 2.75) is 13.1 Å². The topological polar surface area (TPSA) is 96.1 Å². The van der Waals surface area contributed by atoms with Crippen molar-refractivity contribution in [3.63, 3.8) is 0 Å². The normalized spacial score (nSPS) is 15.3. The summed E-state index contributed by atoms with van der Waals surface area (Å²) >= 11 is 0. The Balaban J connectivity index is 1.71. The Morgan fingerprint density at radius 3 is 2.33 bits per heavy atom. The second-order valence-electron chi connectivity index (χ2n) is 7.86. The van der Waals surface area contributed by atoms with E-state index in [1.54, 1.807) is 6.92 Å². The van der Waals surface area contributed by atoms with Gasteiger partial charge in [0.1, 0.15) is 5.75 Å². The van der Waals surface area contributed by atoms with Gasteiger partial charge < -0.3 is 19.6 Å². The fourth-order valence-corrected chi connectivity index (χ4v) is 3.41. The maximum atomic E-state index is 13.1. The molecule has 1 fully saturated rings. The molecule has 2 aromatic carbocycles. The van der Waals surface area contributed by atoms with Crippen molar-refractivity contribution >= 4 is 17.3 Å². The number of nitro benzene ring substituents is 1. The minimum absolute atomic E-state index is 0.0531. The summed E-state index contributed by atoms with van der Waals surface area (Å²) < 4.78 is 43.9. The molecule has 1 amide bonds. The summed E-state index contributed by atoms with van der Waals surface area (Å²) in [6.07, 6.45) is -4.41. The highest BCUT2D eigenvalue weighted by atomic mass is 19.4. The summed E-state index contributed by atoms with van der Waals surface area (Å²) in [5.41, 5.74) is -0.303. The van der Waals surface area contributed by atoms with E-state index in [0.717, 1.165) is 12.1 Å². The Labute approximate surface area is 188 Å². The third-order valence-corrected chi connectivity index (χ3v) is 5.37.